The van der Waals surface area contributed by atoms with Crippen molar-refractivity contribution in [2.45, 2.75) is 66.2 Å². The third-order valence-electron chi connectivity index (χ3n) is 4.00. The molecule has 0 saturated heterocycles. The number of halogens is 6. The molecular weight excluding hydrogens is 430 g/mol. The number of aryl methyl sites for hydroxylation is 1. The predicted molar refractivity (Wildman–Crippen MR) is 117 cm³/mol. The second-order valence-corrected chi connectivity index (χ2v) is 7.39. The van der Waals surface area contributed by atoms with Crippen LogP contribution >= 0.6 is 23.1 Å². The molecule has 0 aliphatic heterocycles. The molecule has 0 atom stereocenters. The molecular formula is C21H30F6S2. The Kier molecular flexibility index (Phi) is 12.3. The molecule has 168 valence electrons. The van der Waals surface area contributed by atoms with E-state index in [-0.39, 0.29) is 11.1 Å². The molecule has 0 saturated carbocycles. The average Bonchev–Trinajstić information content (AvgIpc) is 3.17. The van der Waals surface area contributed by atoms with Crippen LogP contribution in [0.15, 0.2) is 40.7 Å². The first kappa shape index (κ1) is 30.0. The molecule has 0 radical (unpaired) electrons. The molecule has 29 heavy (non-hydrogen) atoms. The van der Waals surface area contributed by atoms with Crippen molar-refractivity contribution >= 4 is 28.7 Å². The van der Waals surface area contributed by atoms with Crippen molar-refractivity contribution in [1.29, 1.82) is 0 Å². The summed E-state index contributed by atoms with van der Waals surface area (Å²) >= 11 is 2.09. The maximum Gasteiger partial charge on any atom is 0.380 e. The zero-order valence-electron chi connectivity index (χ0n) is 18.2. The minimum absolute atomic E-state index is 0.236. The van der Waals surface area contributed by atoms with E-state index < -0.39 is 28.9 Å². The van der Waals surface area contributed by atoms with Gasteiger partial charge in [-0.3, -0.25) is 0 Å². The van der Waals surface area contributed by atoms with Gasteiger partial charge in [0.1, 0.15) is 0 Å². The van der Waals surface area contributed by atoms with Gasteiger partial charge in [0.05, 0.1) is 0 Å². The fourth-order valence-corrected chi connectivity index (χ4v) is 3.64. The van der Waals surface area contributed by atoms with E-state index in [1.54, 1.807) is 6.26 Å². The first-order valence-electron chi connectivity index (χ1n) is 9.06. The predicted octanol–water partition coefficient (Wildman–Crippen LogP) is 9.24. The molecule has 1 heterocycles. The molecule has 2 rings (SSSR count). The molecule has 1 aliphatic rings. The summed E-state index contributed by atoms with van der Waals surface area (Å²) in [5.74, 6) is -15.4. The van der Waals surface area contributed by atoms with Crippen molar-refractivity contribution in [2.24, 2.45) is 0 Å². The van der Waals surface area contributed by atoms with Gasteiger partial charge in [0, 0.05) is 16.0 Å². The van der Waals surface area contributed by atoms with Gasteiger partial charge >= 0.3 is 17.8 Å². The van der Waals surface area contributed by atoms with Crippen LogP contribution in [0.2, 0.25) is 0 Å². The summed E-state index contributed by atoms with van der Waals surface area (Å²) < 4.78 is 84.9. The summed E-state index contributed by atoms with van der Waals surface area (Å²) in [5, 5.41) is 1.42. The van der Waals surface area contributed by atoms with Crippen LogP contribution in [0, 0.1) is 6.92 Å². The van der Waals surface area contributed by atoms with Gasteiger partial charge in [0.15, 0.2) is 0 Å². The summed E-state index contributed by atoms with van der Waals surface area (Å²) in [5.41, 5.74) is -3.02. The van der Waals surface area contributed by atoms with Crippen molar-refractivity contribution in [3.8, 4) is 0 Å². The number of thiophene rings is 1. The lowest BCUT2D eigenvalue weighted by molar-refractivity contribution is -0.259. The Hall–Kier alpha value is -1.15. The van der Waals surface area contributed by atoms with Crippen LogP contribution in [0.25, 0.3) is 5.57 Å². The standard InChI is InChI=1S/C15H14F6S2.2C2H6.C2H4/c1-7(8(2)22-4)11-12(10-5-6-23-9(10)3)14(18,19)15(20,21)13(11,16)17;3*1-2/h5-6H,1-4H3;2*1-2H3;1-2H2/b8-7+;;;. The van der Waals surface area contributed by atoms with Gasteiger partial charge < -0.3 is 0 Å². The summed E-state index contributed by atoms with van der Waals surface area (Å²) in [4.78, 5) is 0.582. The normalized spacial score (nSPS) is 19.0. The summed E-state index contributed by atoms with van der Waals surface area (Å²) in [7, 11) is 0. The van der Waals surface area contributed by atoms with Crippen LogP contribution < -0.4 is 0 Å². The molecule has 0 fully saturated rings. The Balaban J connectivity index is 0. The lowest BCUT2D eigenvalue weighted by Gasteiger charge is -2.26. The monoisotopic (exact) mass is 460 g/mol. The number of alkyl halides is 6. The highest BCUT2D eigenvalue weighted by atomic mass is 32.2. The van der Waals surface area contributed by atoms with Crippen LogP contribution in [-0.4, -0.2) is 24.0 Å². The van der Waals surface area contributed by atoms with Crippen LogP contribution in [0.1, 0.15) is 52.0 Å². The second-order valence-electron chi connectivity index (χ2n) is 5.25. The van der Waals surface area contributed by atoms with Gasteiger partial charge in [-0.1, -0.05) is 27.7 Å². The molecule has 0 bridgehead atoms. The van der Waals surface area contributed by atoms with Crippen molar-refractivity contribution < 1.29 is 26.3 Å². The summed E-state index contributed by atoms with van der Waals surface area (Å²) in [6.07, 6.45) is 1.57. The molecule has 0 nitrogen and oxygen atoms in total. The molecule has 1 aromatic heterocycles. The highest BCUT2D eigenvalue weighted by molar-refractivity contribution is 8.02. The van der Waals surface area contributed by atoms with Gasteiger partial charge in [0.2, 0.25) is 0 Å². The third kappa shape index (κ3) is 5.13. The molecule has 0 aromatic carbocycles. The van der Waals surface area contributed by atoms with E-state index in [2.05, 4.69) is 13.2 Å². The Morgan fingerprint density at radius 1 is 0.931 bits per heavy atom. The SMILES string of the molecule is C=C.CC.CC.CS/C(C)=C(\C)C1=C(c2ccsc2C)C(F)(F)C(F)(F)C1(F)F. The first-order chi connectivity index (χ1) is 13.4. The minimum Gasteiger partial charge on any atom is -0.194 e. The first-order valence-corrected chi connectivity index (χ1v) is 11.2. The van der Waals surface area contributed by atoms with E-state index in [1.807, 2.05) is 27.7 Å². The Labute approximate surface area is 178 Å². The Morgan fingerprint density at radius 3 is 1.72 bits per heavy atom. The topological polar surface area (TPSA) is 0 Å². The maximum absolute atomic E-state index is 14.3. The fraction of sp³-hybridized carbons (Fsp3) is 0.524. The van der Waals surface area contributed by atoms with E-state index in [4.69, 9.17) is 0 Å². The fourth-order valence-electron chi connectivity index (χ4n) is 2.53. The average molecular weight is 461 g/mol. The van der Waals surface area contributed by atoms with Gasteiger partial charge in [-0.15, -0.1) is 36.3 Å². The highest BCUT2D eigenvalue weighted by Crippen LogP contribution is 2.64. The van der Waals surface area contributed by atoms with Crippen molar-refractivity contribution in [3.63, 3.8) is 0 Å². The maximum atomic E-state index is 14.3. The molecule has 1 aromatic rings. The summed E-state index contributed by atoms with van der Waals surface area (Å²) in [6, 6.07) is 1.18. The lowest BCUT2D eigenvalue weighted by atomic mass is 9.96. The van der Waals surface area contributed by atoms with Gasteiger partial charge in [-0.25, -0.2) is 0 Å². The highest BCUT2D eigenvalue weighted by Gasteiger charge is 2.80. The number of rotatable bonds is 3. The second kappa shape index (κ2) is 11.9. The largest absolute Gasteiger partial charge is 0.380 e. The van der Waals surface area contributed by atoms with Crippen LogP contribution in [0.5, 0.6) is 0 Å². The van der Waals surface area contributed by atoms with Gasteiger partial charge in [0.25, 0.3) is 0 Å². The van der Waals surface area contributed by atoms with E-state index in [0.29, 0.717) is 9.78 Å². The molecule has 0 spiro atoms. The Morgan fingerprint density at radius 2 is 1.38 bits per heavy atom. The van der Waals surface area contributed by atoms with Crippen molar-refractivity contribution in [3.05, 3.63) is 51.1 Å². The number of allylic oxidation sites excluding steroid dienone is 4. The van der Waals surface area contributed by atoms with E-state index in [1.165, 1.54) is 32.2 Å². The van der Waals surface area contributed by atoms with Crippen molar-refractivity contribution in [2.75, 3.05) is 6.26 Å². The molecule has 8 heteroatoms. The van der Waals surface area contributed by atoms with E-state index in [0.717, 1.165) is 23.1 Å². The van der Waals surface area contributed by atoms with Gasteiger partial charge in [-0.05, 0) is 54.5 Å². The quantitative estimate of drug-likeness (QED) is 0.320. The van der Waals surface area contributed by atoms with Gasteiger partial charge in [-0.2, -0.15) is 26.3 Å². The zero-order valence-corrected chi connectivity index (χ0v) is 19.8. The lowest BCUT2D eigenvalue weighted by Crippen LogP contribution is -2.49. The molecule has 0 unspecified atom stereocenters. The van der Waals surface area contributed by atoms with Crippen LogP contribution in [-0.2, 0) is 0 Å². The van der Waals surface area contributed by atoms with Crippen molar-refractivity contribution in [1.82, 2.24) is 0 Å². The van der Waals surface area contributed by atoms with E-state index in [9.17, 15) is 26.3 Å². The number of hydrogen-bond acceptors (Lipinski definition) is 2. The van der Waals surface area contributed by atoms with Crippen LogP contribution in [0.4, 0.5) is 26.3 Å². The summed E-state index contributed by atoms with van der Waals surface area (Å²) in [6.45, 7) is 18.1. The Bertz CT molecular complexity index is 715. The smallest absolute Gasteiger partial charge is 0.194 e. The molecule has 0 amide bonds. The van der Waals surface area contributed by atoms with Crippen LogP contribution in [0.3, 0.4) is 0 Å². The molecule has 1 aliphatic carbocycles. The molecule has 0 N–H and O–H groups in total. The zero-order chi connectivity index (χ0) is 23.8. The third-order valence-corrected chi connectivity index (χ3v) is 5.77. The minimum atomic E-state index is -5.47. The van der Waals surface area contributed by atoms with E-state index >= 15 is 0 Å². The number of hydrogen-bond donors (Lipinski definition) is 0. The number of thioether (sulfide) groups is 1.